The van der Waals surface area contributed by atoms with Crippen molar-refractivity contribution in [3.05, 3.63) is 0 Å². The fourth-order valence-electron chi connectivity index (χ4n) is 0.666. The quantitative estimate of drug-likeness (QED) is 0.663. The second kappa shape index (κ2) is 6.60. The van der Waals surface area contributed by atoms with Gasteiger partial charge in [0.05, 0.1) is 0 Å². The molecule has 1 N–H and O–H groups in total. The molecule has 0 bridgehead atoms. The standard InChI is InChI=1S/C7H14F3NS/c1-2-3-4-11-5-6-12-7(8,9)10/h11H,2-6H2,1H3. The molecule has 0 saturated carbocycles. The number of nitrogens with one attached hydrogen (secondary N) is 1. The van der Waals surface area contributed by atoms with Gasteiger partial charge in [0, 0.05) is 12.3 Å². The monoisotopic (exact) mass is 201 g/mol. The zero-order valence-corrected chi connectivity index (χ0v) is 7.89. The third-order valence-corrected chi connectivity index (χ3v) is 1.99. The van der Waals surface area contributed by atoms with Gasteiger partial charge in [-0.05, 0) is 24.7 Å². The lowest BCUT2D eigenvalue weighted by Gasteiger charge is -2.05. The van der Waals surface area contributed by atoms with Crippen LogP contribution in [0.2, 0.25) is 0 Å². The fraction of sp³-hybridized carbons (Fsp3) is 1.00. The maximum atomic E-state index is 11.6. The van der Waals surface area contributed by atoms with Crippen LogP contribution in [0.3, 0.4) is 0 Å². The highest BCUT2D eigenvalue weighted by Gasteiger charge is 2.27. The van der Waals surface area contributed by atoms with Crippen molar-refractivity contribution < 1.29 is 13.2 Å². The van der Waals surface area contributed by atoms with E-state index in [4.69, 9.17) is 0 Å². The molecule has 0 aliphatic heterocycles. The molecule has 5 heteroatoms. The van der Waals surface area contributed by atoms with E-state index in [0.717, 1.165) is 19.4 Å². The van der Waals surface area contributed by atoms with Crippen LogP contribution in [-0.4, -0.2) is 24.4 Å². The van der Waals surface area contributed by atoms with Gasteiger partial charge in [0.15, 0.2) is 0 Å². The molecular formula is C7H14F3NS. The second-order valence-electron chi connectivity index (χ2n) is 2.40. The van der Waals surface area contributed by atoms with E-state index in [-0.39, 0.29) is 17.5 Å². The fourth-order valence-corrected chi connectivity index (χ4v) is 1.14. The number of hydrogen-bond donors (Lipinski definition) is 1. The number of alkyl halides is 3. The summed E-state index contributed by atoms with van der Waals surface area (Å²) in [4.78, 5) is 0. The molecule has 0 radical (unpaired) electrons. The molecule has 0 aliphatic carbocycles. The van der Waals surface area contributed by atoms with Gasteiger partial charge in [0.2, 0.25) is 0 Å². The number of thioether (sulfide) groups is 1. The second-order valence-corrected chi connectivity index (χ2v) is 3.56. The van der Waals surface area contributed by atoms with E-state index in [1.165, 1.54) is 0 Å². The normalized spacial score (nSPS) is 12.0. The zero-order valence-electron chi connectivity index (χ0n) is 7.08. The lowest BCUT2D eigenvalue weighted by atomic mass is 10.3. The van der Waals surface area contributed by atoms with Crippen molar-refractivity contribution in [3.63, 3.8) is 0 Å². The Hall–Kier alpha value is 0.100. The van der Waals surface area contributed by atoms with Crippen LogP contribution in [0.1, 0.15) is 19.8 Å². The largest absolute Gasteiger partial charge is 0.441 e. The maximum absolute atomic E-state index is 11.6. The van der Waals surface area contributed by atoms with Gasteiger partial charge >= 0.3 is 5.51 Å². The average Bonchev–Trinajstić information content (AvgIpc) is 1.94. The van der Waals surface area contributed by atoms with Crippen molar-refractivity contribution in [3.8, 4) is 0 Å². The van der Waals surface area contributed by atoms with Gasteiger partial charge in [-0.3, -0.25) is 0 Å². The maximum Gasteiger partial charge on any atom is 0.441 e. The highest BCUT2D eigenvalue weighted by Crippen LogP contribution is 2.29. The highest BCUT2D eigenvalue weighted by molar-refractivity contribution is 8.00. The third-order valence-electron chi connectivity index (χ3n) is 1.25. The third kappa shape index (κ3) is 10.1. The Balaban J connectivity index is 3.01. The highest BCUT2D eigenvalue weighted by atomic mass is 32.2. The van der Waals surface area contributed by atoms with Crippen molar-refractivity contribution >= 4 is 11.8 Å². The van der Waals surface area contributed by atoms with E-state index in [2.05, 4.69) is 5.32 Å². The van der Waals surface area contributed by atoms with Crippen molar-refractivity contribution in [1.82, 2.24) is 5.32 Å². The van der Waals surface area contributed by atoms with Gasteiger partial charge in [-0.1, -0.05) is 13.3 Å². The summed E-state index contributed by atoms with van der Waals surface area (Å²) in [6.45, 7) is 3.30. The molecule has 0 aromatic heterocycles. The predicted octanol–water partition coefficient (Wildman–Crippen LogP) is 2.63. The van der Waals surface area contributed by atoms with Crippen LogP contribution < -0.4 is 5.32 Å². The van der Waals surface area contributed by atoms with Gasteiger partial charge in [0.1, 0.15) is 0 Å². The predicted molar refractivity (Wildman–Crippen MR) is 46.3 cm³/mol. The Bertz CT molecular complexity index is 105. The molecule has 0 heterocycles. The van der Waals surface area contributed by atoms with Crippen molar-refractivity contribution in [2.75, 3.05) is 18.8 Å². The summed E-state index contributed by atoms with van der Waals surface area (Å²) < 4.78 is 34.7. The number of hydrogen-bond acceptors (Lipinski definition) is 2. The van der Waals surface area contributed by atoms with E-state index in [0.29, 0.717) is 6.54 Å². The molecular weight excluding hydrogens is 187 g/mol. The van der Waals surface area contributed by atoms with E-state index < -0.39 is 5.51 Å². The minimum Gasteiger partial charge on any atom is -0.316 e. The molecule has 0 rings (SSSR count). The number of halogens is 3. The summed E-state index contributed by atoms with van der Waals surface area (Å²) in [5.74, 6) is 0.104. The summed E-state index contributed by atoms with van der Waals surface area (Å²) in [5, 5.41) is 2.94. The lowest BCUT2D eigenvalue weighted by molar-refractivity contribution is -0.0327. The minimum absolute atomic E-state index is 0.0291. The Morgan fingerprint density at radius 2 is 1.92 bits per heavy atom. The topological polar surface area (TPSA) is 12.0 Å². The molecule has 0 aromatic carbocycles. The van der Waals surface area contributed by atoms with Crippen LogP contribution in [0, 0.1) is 0 Å². The van der Waals surface area contributed by atoms with Crippen LogP contribution in [-0.2, 0) is 0 Å². The molecule has 12 heavy (non-hydrogen) atoms. The summed E-state index contributed by atoms with van der Waals surface area (Å²) in [5.41, 5.74) is -4.08. The first-order valence-electron chi connectivity index (χ1n) is 3.97. The van der Waals surface area contributed by atoms with Gasteiger partial charge in [-0.25, -0.2) is 0 Å². The molecule has 0 amide bonds. The number of unbranched alkanes of at least 4 members (excludes halogenated alkanes) is 1. The first kappa shape index (κ1) is 12.1. The summed E-state index contributed by atoms with van der Waals surface area (Å²) >= 11 is 0.0291. The van der Waals surface area contributed by atoms with Gasteiger partial charge < -0.3 is 5.32 Å². The Kier molecular flexibility index (Phi) is 6.65. The van der Waals surface area contributed by atoms with E-state index >= 15 is 0 Å². The first-order chi connectivity index (χ1) is 5.56. The van der Waals surface area contributed by atoms with E-state index in [1.807, 2.05) is 6.92 Å². The van der Waals surface area contributed by atoms with Gasteiger partial charge in [0.25, 0.3) is 0 Å². The van der Waals surface area contributed by atoms with Crippen LogP contribution >= 0.6 is 11.8 Å². The SMILES string of the molecule is CCCCNCCSC(F)(F)F. The van der Waals surface area contributed by atoms with E-state index in [1.54, 1.807) is 0 Å². The summed E-state index contributed by atoms with van der Waals surface area (Å²) in [7, 11) is 0. The number of rotatable bonds is 6. The summed E-state index contributed by atoms with van der Waals surface area (Å²) in [6, 6.07) is 0. The van der Waals surface area contributed by atoms with Crippen molar-refractivity contribution in [2.24, 2.45) is 0 Å². The molecule has 1 nitrogen and oxygen atoms in total. The van der Waals surface area contributed by atoms with Crippen LogP contribution in [0.25, 0.3) is 0 Å². The Morgan fingerprint density at radius 1 is 1.25 bits per heavy atom. The van der Waals surface area contributed by atoms with E-state index in [9.17, 15) is 13.2 Å². The Morgan fingerprint density at radius 3 is 2.42 bits per heavy atom. The zero-order chi connectivity index (χ0) is 9.45. The molecule has 0 aromatic rings. The van der Waals surface area contributed by atoms with Gasteiger partial charge in [-0.15, -0.1) is 0 Å². The Labute approximate surface area is 75.1 Å². The first-order valence-corrected chi connectivity index (χ1v) is 4.96. The van der Waals surface area contributed by atoms with Crippen LogP contribution in [0.5, 0.6) is 0 Å². The molecule has 0 aliphatic rings. The average molecular weight is 201 g/mol. The molecule has 74 valence electrons. The van der Waals surface area contributed by atoms with Crippen molar-refractivity contribution in [2.45, 2.75) is 25.3 Å². The van der Waals surface area contributed by atoms with Crippen LogP contribution in [0.4, 0.5) is 13.2 Å². The molecule has 0 saturated heterocycles. The summed E-state index contributed by atoms with van der Waals surface area (Å²) in [6.07, 6.45) is 2.09. The van der Waals surface area contributed by atoms with Crippen LogP contribution in [0.15, 0.2) is 0 Å². The van der Waals surface area contributed by atoms with Crippen molar-refractivity contribution in [1.29, 1.82) is 0 Å². The minimum atomic E-state index is -4.08. The molecule has 0 fully saturated rings. The van der Waals surface area contributed by atoms with Gasteiger partial charge in [-0.2, -0.15) is 13.2 Å². The molecule has 0 unspecified atom stereocenters. The molecule has 0 atom stereocenters. The molecule has 0 spiro atoms. The lowest BCUT2D eigenvalue weighted by Crippen LogP contribution is -2.19. The smallest absolute Gasteiger partial charge is 0.316 e.